The van der Waals surface area contributed by atoms with Gasteiger partial charge >= 0.3 is 23.9 Å². The van der Waals surface area contributed by atoms with Crippen LogP contribution in [0.5, 0.6) is 28.7 Å². The molecule has 1 fully saturated rings. The highest BCUT2D eigenvalue weighted by molar-refractivity contribution is 5.99. The minimum Gasteiger partial charge on any atom is -0.497 e. The second-order valence-electron chi connectivity index (χ2n) is 34.3. The lowest BCUT2D eigenvalue weighted by atomic mass is 9.77. The zero-order valence-corrected chi connectivity index (χ0v) is 76.8. The topological polar surface area (TPSA) is 277 Å². The number of nitrogens with one attached hydrogen (secondary N) is 1. The van der Waals surface area contributed by atoms with Crippen molar-refractivity contribution in [3.63, 3.8) is 0 Å². The van der Waals surface area contributed by atoms with E-state index in [4.69, 9.17) is 59.3 Å². The van der Waals surface area contributed by atoms with Gasteiger partial charge < -0.3 is 79.3 Å². The van der Waals surface area contributed by atoms with Crippen molar-refractivity contribution in [2.45, 2.75) is 233 Å². The van der Waals surface area contributed by atoms with E-state index in [0.717, 1.165) is 213 Å². The molecule has 12 rings (SSSR count). The summed E-state index contributed by atoms with van der Waals surface area (Å²) < 4.78 is 39.8. The van der Waals surface area contributed by atoms with E-state index in [-0.39, 0.29) is 53.6 Å². The van der Waals surface area contributed by atoms with Gasteiger partial charge in [-0.25, -0.2) is 0 Å². The van der Waals surface area contributed by atoms with Gasteiger partial charge in [-0.3, -0.25) is 24.2 Å². The summed E-state index contributed by atoms with van der Waals surface area (Å²) in [4.78, 5) is 53.6. The average molecular weight is 1700 g/mol. The minimum atomic E-state index is -0.717. The second-order valence-corrected chi connectivity index (χ2v) is 34.3. The molecule has 7 aromatic carbocycles. The van der Waals surface area contributed by atoms with Crippen LogP contribution in [0, 0.1) is 0 Å². The number of unbranched alkanes of at least 4 members (excludes halogenated alkanes) is 8. The highest BCUT2D eigenvalue weighted by atomic mass is 16.7. The lowest BCUT2D eigenvalue weighted by Crippen LogP contribution is -2.38. The van der Waals surface area contributed by atoms with Crippen LogP contribution >= 0.6 is 0 Å². The van der Waals surface area contributed by atoms with Crippen molar-refractivity contribution in [2.24, 2.45) is 4.99 Å². The third kappa shape index (κ3) is 33.2. The number of aliphatic carboxylic acids is 4. The molecule has 0 bridgehead atoms. The average Bonchev–Trinajstić information content (AvgIpc) is 1.69. The molecule has 0 atom stereocenters. The standard InChI is InChI=1S/3C18H27NO3.C16H22NO2.C13H19NO3.C11H13N.C7H9NO/c1-18(2)11-13-19(12-6-4-5-10-16(20)21)14-8-7-9-15(22-3)17(14)18;1-18(2)10-12-19(11-6-4-5-7-17(20)21)16-13-14(22-3)8-9-15(16)18;1-15(2)11-13-19(12-6-4-5-10-18(20)21)16-8-7-9-17(14-16)22-3;1-12-16(2,3)13-6-4-5-7-14(13)17(12)9-8-15-18-10-11-19-15;1-17-12-7-5-6-11(10-12)14-9-4-2-3-8-13(15)16;1-8-11(2,3)9-6-4-5-7-10(9)12-8;1-9-7-4-2-3-6(8)5-7/h7-9H,4-6,10-13H2,1-3H3,(H,20,21);8-9,13H,4-7,10-12H2,1-3H3,(H,20,21);7-9,11,14H,4-6,10,12-13H2,1-3H3,(H,20,21);4-7,15H,8-11H2,1-3H3;5-7,10,14H,2-4,8-9H2,1H3,(H,15,16);4-7H,1-3H3;2-5H,8H2,1H3/q;;;+1;;;. The van der Waals surface area contributed by atoms with Crippen molar-refractivity contribution >= 4 is 75.1 Å². The Morgan fingerprint density at radius 2 is 1.04 bits per heavy atom. The fourth-order valence-corrected chi connectivity index (χ4v) is 15.4. The number of fused-ring (bicyclic) bond motifs is 4. The summed E-state index contributed by atoms with van der Waals surface area (Å²) in [6.07, 6.45) is 17.3. The van der Waals surface area contributed by atoms with Crippen molar-refractivity contribution < 1.29 is 77.3 Å². The van der Waals surface area contributed by atoms with Gasteiger partial charge in [0.05, 0.1) is 66.3 Å². The van der Waals surface area contributed by atoms with Crippen LogP contribution in [0.2, 0.25) is 0 Å². The van der Waals surface area contributed by atoms with Crippen molar-refractivity contribution in [3.8, 4) is 28.7 Å². The van der Waals surface area contributed by atoms with E-state index in [1.807, 2.05) is 78.9 Å². The number of rotatable bonds is 36. The normalized spacial score (nSPS) is 14.9. The molecule has 5 aliphatic rings. The van der Waals surface area contributed by atoms with Crippen LogP contribution in [0.25, 0.3) is 0 Å². The number of hydrogen-bond acceptors (Lipinski definition) is 17. The number of ether oxygens (including phenoxy) is 7. The zero-order chi connectivity index (χ0) is 90.1. The molecule has 22 nitrogen and oxygen atoms in total. The molecule has 1 saturated heterocycles. The highest BCUT2D eigenvalue weighted by Gasteiger charge is 2.43. The largest absolute Gasteiger partial charge is 0.497 e. The molecule has 0 aliphatic carbocycles. The van der Waals surface area contributed by atoms with E-state index in [2.05, 4.69) is 192 Å². The summed E-state index contributed by atoms with van der Waals surface area (Å²) in [5, 5.41) is 37.8. The number of nitrogens with zero attached hydrogens (tertiary/aromatic N) is 5. The Hall–Kier alpha value is -10.6. The molecule has 672 valence electrons. The summed E-state index contributed by atoms with van der Waals surface area (Å²) >= 11 is 0. The van der Waals surface area contributed by atoms with Gasteiger partial charge in [-0.15, -0.1) is 0 Å². The van der Waals surface area contributed by atoms with Gasteiger partial charge in [-0.2, -0.15) is 4.58 Å². The van der Waals surface area contributed by atoms with Crippen LogP contribution < -0.4 is 49.4 Å². The van der Waals surface area contributed by atoms with E-state index in [1.165, 1.54) is 56.3 Å². The third-order valence-corrected chi connectivity index (χ3v) is 23.4. The van der Waals surface area contributed by atoms with E-state index in [0.29, 0.717) is 0 Å². The number of allylic oxidation sites excluding steroid dienone is 1. The van der Waals surface area contributed by atoms with Crippen LogP contribution in [0.1, 0.15) is 227 Å². The minimum absolute atomic E-state index is 0.0244. The number of anilines is 5. The van der Waals surface area contributed by atoms with E-state index in [9.17, 15) is 19.2 Å². The first kappa shape index (κ1) is 101. The van der Waals surface area contributed by atoms with Gasteiger partial charge in [-0.1, -0.05) is 146 Å². The zero-order valence-electron chi connectivity index (χ0n) is 76.8. The van der Waals surface area contributed by atoms with E-state index < -0.39 is 23.9 Å². The first-order valence-electron chi connectivity index (χ1n) is 43.8. The van der Waals surface area contributed by atoms with Gasteiger partial charge in [0.2, 0.25) is 5.69 Å². The van der Waals surface area contributed by atoms with Gasteiger partial charge in [0.1, 0.15) is 28.7 Å². The summed E-state index contributed by atoms with van der Waals surface area (Å²) in [7, 11) is 8.37. The number of carboxylic acid groups (broad SMARTS) is 4. The molecular formula is C101H144N7O15+. The van der Waals surface area contributed by atoms with Gasteiger partial charge in [0.25, 0.3) is 0 Å². The van der Waals surface area contributed by atoms with Crippen molar-refractivity contribution in [1.29, 1.82) is 0 Å². The molecule has 0 radical (unpaired) electrons. The van der Waals surface area contributed by atoms with Crippen LogP contribution in [-0.2, 0) is 50.3 Å². The number of nitrogen functional groups attached to an aromatic ring is 1. The maximum absolute atomic E-state index is 10.5. The fraction of sp³-hybridized carbons (Fsp3) is 0.505. The number of para-hydroxylation sites is 2. The highest BCUT2D eigenvalue weighted by Crippen LogP contribution is 2.46. The Kier molecular flexibility index (Phi) is 42.4. The Labute approximate surface area is 733 Å². The maximum atomic E-state index is 10.5. The Bertz CT molecular complexity index is 4490. The van der Waals surface area contributed by atoms with Crippen LogP contribution in [0.4, 0.5) is 39.8 Å². The molecule has 5 heterocycles. The first-order valence-corrected chi connectivity index (χ1v) is 43.8. The molecule has 0 amide bonds. The number of benzene rings is 7. The summed E-state index contributed by atoms with van der Waals surface area (Å²) in [6.45, 7) is 35.8. The van der Waals surface area contributed by atoms with Gasteiger partial charge in [0.15, 0.2) is 18.5 Å². The number of carboxylic acids is 4. The maximum Gasteiger partial charge on any atom is 0.303 e. The molecule has 0 unspecified atom stereocenters. The number of carbonyl (C=O) groups is 4. The van der Waals surface area contributed by atoms with Gasteiger partial charge in [0, 0.05) is 159 Å². The van der Waals surface area contributed by atoms with Gasteiger partial charge in [-0.05, 0) is 181 Å². The molecule has 123 heavy (non-hydrogen) atoms. The summed E-state index contributed by atoms with van der Waals surface area (Å²) in [5.74, 6) is 1.52. The van der Waals surface area contributed by atoms with Crippen LogP contribution in [0.3, 0.4) is 0 Å². The summed E-state index contributed by atoms with van der Waals surface area (Å²) in [6, 6.07) is 52.8. The second kappa shape index (κ2) is 51.5. The molecule has 7 aromatic rings. The monoisotopic (exact) mass is 1700 g/mol. The number of methoxy groups -OCH3 is 5. The summed E-state index contributed by atoms with van der Waals surface area (Å²) in [5.41, 5.74) is 23.3. The number of hydrogen-bond donors (Lipinski definition) is 6. The molecule has 7 N–H and O–H groups in total. The smallest absolute Gasteiger partial charge is 0.303 e. The third-order valence-electron chi connectivity index (χ3n) is 23.4. The molecule has 5 aliphatic heterocycles. The fourth-order valence-electron chi connectivity index (χ4n) is 15.4. The molecule has 0 saturated carbocycles. The Morgan fingerprint density at radius 1 is 0.528 bits per heavy atom. The van der Waals surface area contributed by atoms with Crippen LogP contribution in [-0.4, -0.2) is 168 Å². The molecule has 22 heteroatoms. The van der Waals surface area contributed by atoms with E-state index in [1.54, 1.807) is 41.6 Å². The lowest BCUT2D eigenvalue weighted by Gasteiger charge is -2.41. The van der Waals surface area contributed by atoms with E-state index >= 15 is 0 Å². The number of aliphatic imine (C=N–C) groups is 1. The Balaban J connectivity index is 0.000000225. The van der Waals surface area contributed by atoms with Crippen molar-refractivity contribution in [1.82, 2.24) is 0 Å². The lowest BCUT2D eigenvalue weighted by molar-refractivity contribution is -0.443. The Morgan fingerprint density at radius 3 is 1.60 bits per heavy atom. The predicted octanol–water partition coefficient (Wildman–Crippen LogP) is 21.7. The predicted molar refractivity (Wildman–Crippen MR) is 501 cm³/mol. The quantitative estimate of drug-likeness (QED) is 0.00921. The molecular weight excluding hydrogens is 1550 g/mol. The molecule has 0 spiro atoms. The first-order chi connectivity index (χ1) is 58.7. The van der Waals surface area contributed by atoms with Crippen molar-refractivity contribution in [2.75, 3.05) is 127 Å². The number of nitrogens with two attached hydrogens (primary N) is 1. The SMILES string of the molecule is CC1=Nc2ccccc2C1(C)C.CC1=[N+](CCC2OCCO2)c2ccccc2C1(C)C.COc1ccc2c(c1)N(CCCCCC(=O)O)CCC2(C)C.COc1cccc(N(CC=C(C)C)CCCCCC(=O)O)c1.COc1cccc(N)c1.COc1cccc(NCCCCCC(=O)O)c1.COc1cccc2c1C(C)(C)CCN2CCCCCC(=O)O. The molecule has 0 aromatic heterocycles. The van der Waals surface area contributed by atoms with Crippen LogP contribution in [0.15, 0.2) is 174 Å². The van der Waals surface area contributed by atoms with Crippen molar-refractivity contribution in [3.05, 3.63) is 192 Å².